The van der Waals surface area contributed by atoms with Crippen molar-refractivity contribution >= 4 is 23.6 Å². The lowest BCUT2D eigenvalue weighted by Crippen LogP contribution is -2.63. The molecule has 0 radical (unpaired) electrons. The Morgan fingerprint density at radius 2 is 1.88 bits per heavy atom. The maximum atomic E-state index is 15.0. The van der Waals surface area contributed by atoms with Crippen LogP contribution in [0, 0.1) is 5.92 Å². The molecule has 0 spiro atoms. The van der Waals surface area contributed by atoms with Gasteiger partial charge in [-0.15, -0.1) is 0 Å². The molecule has 0 unspecified atom stereocenters. The number of anilines is 1. The minimum absolute atomic E-state index is 0.0365. The van der Waals surface area contributed by atoms with E-state index in [1.54, 1.807) is 28.5 Å². The van der Waals surface area contributed by atoms with E-state index >= 15 is 8.78 Å². The number of carbonyl (C=O) groups excluding carboxylic acids is 3. The summed E-state index contributed by atoms with van der Waals surface area (Å²) in [7, 11) is 0. The molecule has 0 aliphatic carbocycles. The number of carbonyl (C=O) groups is 3. The zero-order valence-corrected chi connectivity index (χ0v) is 26.4. The van der Waals surface area contributed by atoms with Crippen LogP contribution in [-0.2, 0) is 25.7 Å². The smallest absolute Gasteiger partial charge is 0.410 e. The standard InChI is InChI=1S/C31H47F2N5O4/c1-20(2)13-31(32,33)25-12-24-23(14-34-25)30(7,8)19-38(24)27(40)18-36-15-21(3)37(28(41)42-29(4,5)6)17-22(36)16-35-11-9-10-26(35)39/h12,14,20-22H,9-11,13,15-19H2,1-8H3/t21-,22+/m1/s1. The van der Waals surface area contributed by atoms with Gasteiger partial charge >= 0.3 is 6.09 Å². The van der Waals surface area contributed by atoms with Crippen LogP contribution in [-0.4, -0.2) is 94.5 Å². The summed E-state index contributed by atoms with van der Waals surface area (Å²) in [5, 5.41) is 0. The molecule has 9 nitrogen and oxygen atoms in total. The fourth-order valence-electron chi connectivity index (χ4n) is 6.26. The zero-order valence-electron chi connectivity index (χ0n) is 26.4. The van der Waals surface area contributed by atoms with Crippen LogP contribution in [0.4, 0.5) is 19.3 Å². The average molecular weight is 592 g/mol. The number of fused-ring (bicyclic) bond motifs is 1. The summed E-state index contributed by atoms with van der Waals surface area (Å²) in [5.41, 5.74) is -0.184. The molecule has 11 heteroatoms. The lowest BCUT2D eigenvalue weighted by atomic mass is 9.88. The van der Waals surface area contributed by atoms with Crippen LogP contribution in [0.25, 0.3) is 0 Å². The summed E-state index contributed by atoms with van der Waals surface area (Å²) >= 11 is 0. The van der Waals surface area contributed by atoms with E-state index in [4.69, 9.17) is 4.74 Å². The number of likely N-dealkylation sites (tertiary alicyclic amines) is 1. The van der Waals surface area contributed by atoms with Gasteiger partial charge in [0.15, 0.2) is 0 Å². The molecule has 2 fully saturated rings. The maximum Gasteiger partial charge on any atom is 0.410 e. The van der Waals surface area contributed by atoms with Crippen molar-refractivity contribution in [3.63, 3.8) is 0 Å². The number of halogens is 2. The van der Waals surface area contributed by atoms with Crippen LogP contribution in [0.3, 0.4) is 0 Å². The van der Waals surface area contributed by atoms with Crippen molar-refractivity contribution in [2.45, 2.75) is 104 Å². The summed E-state index contributed by atoms with van der Waals surface area (Å²) in [6, 6.07) is 0.873. The minimum atomic E-state index is -3.11. The number of amides is 3. The third-order valence-electron chi connectivity index (χ3n) is 8.32. The van der Waals surface area contributed by atoms with Crippen LogP contribution >= 0.6 is 0 Å². The highest BCUT2D eigenvalue weighted by molar-refractivity contribution is 5.97. The van der Waals surface area contributed by atoms with Crippen molar-refractivity contribution in [1.82, 2.24) is 19.7 Å². The van der Waals surface area contributed by atoms with Gasteiger partial charge in [0.05, 0.1) is 12.2 Å². The third kappa shape index (κ3) is 7.03. The van der Waals surface area contributed by atoms with Gasteiger partial charge in [-0.25, -0.2) is 4.79 Å². The van der Waals surface area contributed by atoms with Crippen molar-refractivity contribution in [3.8, 4) is 0 Å². The van der Waals surface area contributed by atoms with Gasteiger partial charge in [0.2, 0.25) is 11.8 Å². The molecule has 2 saturated heterocycles. The molecule has 42 heavy (non-hydrogen) atoms. The van der Waals surface area contributed by atoms with E-state index < -0.39 is 23.0 Å². The molecular formula is C31H47F2N5O4. The van der Waals surface area contributed by atoms with Gasteiger partial charge in [-0.1, -0.05) is 27.7 Å². The Morgan fingerprint density at radius 3 is 2.48 bits per heavy atom. The summed E-state index contributed by atoms with van der Waals surface area (Å²) in [6.45, 7) is 17.0. The lowest BCUT2D eigenvalue weighted by Gasteiger charge is -2.46. The SMILES string of the molecule is CC(C)CC(F)(F)c1cc2c(cn1)C(C)(C)CN2C(=O)CN1C[C@@H](C)N(C(=O)OC(C)(C)C)C[C@@H]1CN1CCCC1=O. The van der Waals surface area contributed by atoms with E-state index in [2.05, 4.69) is 4.98 Å². The second kappa shape index (κ2) is 11.7. The second-order valence-electron chi connectivity index (χ2n) is 14.3. The Labute approximate surface area is 248 Å². The Bertz CT molecular complexity index is 1200. The number of nitrogens with zero attached hydrogens (tertiary/aromatic N) is 5. The highest BCUT2D eigenvalue weighted by Crippen LogP contribution is 2.43. The molecule has 3 amide bonds. The molecule has 0 bridgehead atoms. The van der Waals surface area contributed by atoms with Crippen molar-refractivity contribution in [3.05, 3.63) is 23.5 Å². The van der Waals surface area contributed by atoms with Crippen LogP contribution < -0.4 is 4.90 Å². The molecule has 4 rings (SSSR count). The first-order valence-electron chi connectivity index (χ1n) is 15.1. The molecule has 2 atom stereocenters. The molecule has 4 heterocycles. The predicted molar refractivity (Wildman–Crippen MR) is 157 cm³/mol. The van der Waals surface area contributed by atoms with Gasteiger partial charge in [-0.05, 0) is 46.1 Å². The van der Waals surface area contributed by atoms with Gasteiger partial charge in [-0.3, -0.25) is 19.5 Å². The normalized spacial score (nSPS) is 23.1. The van der Waals surface area contributed by atoms with Crippen molar-refractivity contribution in [2.75, 3.05) is 44.2 Å². The maximum absolute atomic E-state index is 15.0. The fourth-order valence-corrected chi connectivity index (χ4v) is 6.26. The van der Waals surface area contributed by atoms with Crippen LogP contribution in [0.15, 0.2) is 12.3 Å². The van der Waals surface area contributed by atoms with E-state index in [9.17, 15) is 14.4 Å². The Hall–Kier alpha value is -2.82. The predicted octanol–water partition coefficient (Wildman–Crippen LogP) is 4.78. The minimum Gasteiger partial charge on any atom is -0.444 e. The quantitative estimate of drug-likeness (QED) is 0.454. The third-order valence-corrected chi connectivity index (χ3v) is 8.32. The molecule has 0 aromatic carbocycles. The fraction of sp³-hybridized carbons (Fsp3) is 0.742. The van der Waals surface area contributed by atoms with Crippen LogP contribution in [0.1, 0.15) is 85.9 Å². The van der Waals surface area contributed by atoms with E-state index in [0.29, 0.717) is 44.8 Å². The monoisotopic (exact) mass is 591 g/mol. The first-order valence-corrected chi connectivity index (χ1v) is 15.1. The largest absolute Gasteiger partial charge is 0.444 e. The number of piperazine rings is 1. The van der Waals surface area contributed by atoms with E-state index in [1.165, 1.54) is 12.3 Å². The van der Waals surface area contributed by atoms with Gasteiger partial charge in [0, 0.05) is 74.8 Å². The number of ether oxygens (including phenoxy) is 1. The molecule has 0 saturated carbocycles. The summed E-state index contributed by atoms with van der Waals surface area (Å²) in [4.78, 5) is 50.8. The van der Waals surface area contributed by atoms with Crippen molar-refractivity contribution in [2.24, 2.45) is 5.92 Å². The highest BCUT2D eigenvalue weighted by atomic mass is 19.3. The number of pyridine rings is 1. The van der Waals surface area contributed by atoms with E-state index in [0.717, 1.165) is 12.0 Å². The summed E-state index contributed by atoms with van der Waals surface area (Å²) < 4.78 is 35.7. The number of hydrogen-bond donors (Lipinski definition) is 0. The molecule has 234 valence electrons. The van der Waals surface area contributed by atoms with Crippen molar-refractivity contribution in [1.29, 1.82) is 0 Å². The number of aromatic nitrogens is 1. The Kier molecular flexibility index (Phi) is 8.94. The van der Waals surface area contributed by atoms with Gasteiger partial charge < -0.3 is 19.4 Å². The first-order chi connectivity index (χ1) is 19.4. The van der Waals surface area contributed by atoms with Gasteiger partial charge in [0.1, 0.15) is 11.3 Å². The topological polar surface area (TPSA) is 86.3 Å². The first kappa shape index (κ1) is 32.1. The molecule has 3 aliphatic rings. The number of rotatable bonds is 7. The Morgan fingerprint density at radius 1 is 1.19 bits per heavy atom. The van der Waals surface area contributed by atoms with Crippen LogP contribution in [0.2, 0.25) is 0 Å². The van der Waals surface area contributed by atoms with E-state index in [1.807, 2.05) is 46.4 Å². The lowest BCUT2D eigenvalue weighted by molar-refractivity contribution is -0.129. The number of hydrogen-bond acceptors (Lipinski definition) is 6. The van der Waals surface area contributed by atoms with Crippen LogP contribution in [0.5, 0.6) is 0 Å². The molecule has 3 aliphatic heterocycles. The Balaban J connectivity index is 1.58. The van der Waals surface area contributed by atoms with Gasteiger partial charge in [-0.2, -0.15) is 8.78 Å². The van der Waals surface area contributed by atoms with Crippen molar-refractivity contribution < 1.29 is 27.9 Å². The van der Waals surface area contributed by atoms with Gasteiger partial charge in [0.25, 0.3) is 5.92 Å². The number of alkyl halides is 2. The molecule has 1 aromatic rings. The zero-order chi connectivity index (χ0) is 31.2. The summed E-state index contributed by atoms with van der Waals surface area (Å²) in [6.07, 6.45) is 2.03. The highest BCUT2D eigenvalue weighted by Gasteiger charge is 2.44. The second-order valence-corrected chi connectivity index (χ2v) is 14.3. The molecule has 1 aromatic heterocycles. The molecule has 0 N–H and O–H groups in total. The summed E-state index contributed by atoms with van der Waals surface area (Å²) in [5.74, 6) is -3.46. The molecular weight excluding hydrogens is 544 g/mol. The average Bonchev–Trinajstić information content (AvgIpc) is 3.37. The van der Waals surface area contributed by atoms with E-state index in [-0.39, 0.29) is 48.5 Å².